The van der Waals surface area contributed by atoms with Crippen molar-refractivity contribution in [1.82, 2.24) is 0 Å². The lowest BCUT2D eigenvalue weighted by molar-refractivity contribution is -0.118. The van der Waals surface area contributed by atoms with Crippen LogP contribution in [0.1, 0.15) is 47.0 Å². The quantitative estimate of drug-likeness (QED) is 0.575. The molecule has 0 spiro atoms. The van der Waals surface area contributed by atoms with E-state index < -0.39 is 0 Å². The lowest BCUT2D eigenvalue weighted by Gasteiger charge is -2.17. The molecule has 0 aliphatic carbocycles. The minimum absolute atomic E-state index is 0.0427. The van der Waals surface area contributed by atoms with Gasteiger partial charge < -0.3 is 0 Å². The van der Waals surface area contributed by atoms with Crippen LogP contribution in [0.4, 0.5) is 0 Å². The monoisotopic (exact) mass is 168 g/mol. The molecule has 0 aliphatic rings. The van der Waals surface area contributed by atoms with E-state index in [1.54, 1.807) is 6.92 Å². The van der Waals surface area contributed by atoms with Gasteiger partial charge in [0.1, 0.15) is 5.78 Å². The maximum absolute atomic E-state index is 10.9. The van der Waals surface area contributed by atoms with Crippen molar-refractivity contribution in [2.75, 3.05) is 0 Å². The SMILES string of the molecule is CCC/C=C/C(C)(C)CC(C)=O. The molecule has 0 bridgehead atoms. The highest BCUT2D eigenvalue weighted by atomic mass is 16.1. The first kappa shape index (κ1) is 11.4. The summed E-state index contributed by atoms with van der Waals surface area (Å²) in [5.41, 5.74) is 0.0427. The van der Waals surface area contributed by atoms with Crippen LogP contribution in [0, 0.1) is 5.41 Å². The van der Waals surface area contributed by atoms with E-state index in [4.69, 9.17) is 0 Å². The molecule has 0 radical (unpaired) electrons. The molecule has 0 unspecified atom stereocenters. The van der Waals surface area contributed by atoms with Crippen molar-refractivity contribution in [1.29, 1.82) is 0 Å². The lowest BCUT2D eigenvalue weighted by atomic mass is 9.87. The van der Waals surface area contributed by atoms with Crippen molar-refractivity contribution in [2.45, 2.75) is 47.0 Å². The normalized spacial score (nSPS) is 12.3. The van der Waals surface area contributed by atoms with E-state index in [9.17, 15) is 4.79 Å². The van der Waals surface area contributed by atoms with Gasteiger partial charge in [0.2, 0.25) is 0 Å². The largest absolute Gasteiger partial charge is 0.300 e. The molecule has 0 aromatic rings. The second kappa shape index (κ2) is 5.13. The van der Waals surface area contributed by atoms with Crippen LogP contribution < -0.4 is 0 Å². The lowest BCUT2D eigenvalue weighted by Crippen LogP contribution is -2.11. The van der Waals surface area contributed by atoms with Gasteiger partial charge in [0.15, 0.2) is 0 Å². The van der Waals surface area contributed by atoms with E-state index in [2.05, 4.69) is 32.9 Å². The Morgan fingerprint density at radius 1 is 1.42 bits per heavy atom. The summed E-state index contributed by atoms with van der Waals surface area (Å²) in [5, 5.41) is 0. The molecular weight excluding hydrogens is 148 g/mol. The van der Waals surface area contributed by atoms with Gasteiger partial charge in [-0.2, -0.15) is 0 Å². The van der Waals surface area contributed by atoms with E-state index in [0.29, 0.717) is 6.42 Å². The van der Waals surface area contributed by atoms with Crippen LogP contribution in [0.2, 0.25) is 0 Å². The smallest absolute Gasteiger partial charge is 0.130 e. The van der Waals surface area contributed by atoms with E-state index in [0.717, 1.165) is 6.42 Å². The number of Topliss-reactive ketones (excluding diaryl/α,β-unsaturated/α-hetero) is 1. The molecule has 1 heteroatoms. The van der Waals surface area contributed by atoms with Crippen LogP contribution in [0.3, 0.4) is 0 Å². The molecule has 0 aromatic carbocycles. The minimum atomic E-state index is 0.0427. The fourth-order valence-electron chi connectivity index (χ4n) is 1.27. The molecular formula is C11H20O. The Kier molecular flexibility index (Phi) is 4.87. The van der Waals surface area contributed by atoms with Gasteiger partial charge >= 0.3 is 0 Å². The van der Waals surface area contributed by atoms with Crippen LogP contribution in [-0.2, 0) is 4.79 Å². The third-order valence-corrected chi connectivity index (χ3v) is 1.73. The molecule has 0 aliphatic heterocycles. The topological polar surface area (TPSA) is 17.1 Å². The summed E-state index contributed by atoms with van der Waals surface area (Å²) in [6.45, 7) is 8.00. The zero-order valence-corrected chi connectivity index (χ0v) is 8.68. The molecule has 0 fully saturated rings. The summed E-state index contributed by atoms with van der Waals surface area (Å²) >= 11 is 0. The van der Waals surface area contributed by atoms with E-state index >= 15 is 0 Å². The van der Waals surface area contributed by atoms with Crippen LogP contribution >= 0.6 is 0 Å². The summed E-state index contributed by atoms with van der Waals surface area (Å²) in [4.78, 5) is 10.9. The van der Waals surface area contributed by atoms with E-state index in [-0.39, 0.29) is 11.2 Å². The second-order valence-corrected chi connectivity index (χ2v) is 4.06. The molecule has 12 heavy (non-hydrogen) atoms. The Bertz CT molecular complexity index is 166. The van der Waals surface area contributed by atoms with Crippen LogP contribution in [0.25, 0.3) is 0 Å². The Hall–Kier alpha value is -0.590. The highest BCUT2D eigenvalue weighted by molar-refractivity contribution is 5.76. The van der Waals surface area contributed by atoms with Gasteiger partial charge in [-0.05, 0) is 18.8 Å². The maximum Gasteiger partial charge on any atom is 0.130 e. The first-order valence-electron chi connectivity index (χ1n) is 4.65. The molecule has 0 rings (SSSR count). The fraction of sp³-hybridized carbons (Fsp3) is 0.727. The molecule has 0 saturated heterocycles. The molecule has 0 heterocycles. The first-order chi connectivity index (χ1) is 5.48. The van der Waals surface area contributed by atoms with Crippen molar-refractivity contribution in [2.24, 2.45) is 5.41 Å². The number of hydrogen-bond donors (Lipinski definition) is 0. The molecule has 0 aromatic heterocycles. The van der Waals surface area contributed by atoms with E-state index in [1.807, 2.05) is 0 Å². The number of rotatable bonds is 5. The molecule has 0 saturated carbocycles. The third-order valence-electron chi connectivity index (χ3n) is 1.73. The molecule has 0 amide bonds. The van der Waals surface area contributed by atoms with Gasteiger partial charge in [0.25, 0.3) is 0 Å². The number of unbranched alkanes of at least 4 members (excludes halogenated alkanes) is 1. The van der Waals surface area contributed by atoms with Gasteiger partial charge in [-0.3, -0.25) is 4.79 Å². The van der Waals surface area contributed by atoms with Crippen molar-refractivity contribution in [3.05, 3.63) is 12.2 Å². The summed E-state index contributed by atoms with van der Waals surface area (Å²) in [5.74, 6) is 0.265. The number of carbonyl (C=O) groups excluding carboxylic acids is 1. The molecule has 1 nitrogen and oxygen atoms in total. The Balaban J connectivity index is 3.93. The third kappa shape index (κ3) is 6.14. The van der Waals surface area contributed by atoms with Crippen LogP contribution in [0.5, 0.6) is 0 Å². The minimum Gasteiger partial charge on any atom is -0.300 e. The zero-order valence-electron chi connectivity index (χ0n) is 8.68. The summed E-state index contributed by atoms with van der Waals surface area (Å²) in [6, 6.07) is 0. The van der Waals surface area contributed by atoms with Crippen molar-refractivity contribution in [3.8, 4) is 0 Å². The van der Waals surface area contributed by atoms with Crippen molar-refractivity contribution in [3.63, 3.8) is 0 Å². The summed E-state index contributed by atoms with van der Waals surface area (Å²) in [6.07, 6.45) is 7.25. The average molecular weight is 168 g/mol. The Labute approximate surface area is 75.9 Å². The highest BCUT2D eigenvalue weighted by Crippen LogP contribution is 2.22. The van der Waals surface area contributed by atoms with Gasteiger partial charge in [0.05, 0.1) is 0 Å². The van der Waals surface area contributed by atoms with Crippen molar-refractivity contribution < 1.29 is 4.79 Å². The highest BCUT2D eigenvalue weighted by Gasteiger charge is 2.15. The summed E-state index contributed by atoms with van der Waals surface area (Å²) in [7, 11) is 0. The van der Waals surface area contributed by atoms with Crippen LogP contribution in [-0.4, -0.2) is 5.78 Å². The Morgan fingerprint density at radius 3 is 2.42 bits per heavy atom. The number of ketones is 1. The van der Waals surface area contributed by atoms with Crippen molar-refractivity contribution >= 4 is 5.78 Å². The molecule has 70 valence electrons. The number of hydrogen-bond acceptors (Lipinski definition) is 1. The van der Waals surface area contributed by atoms with Gasteiger partial charge in [-0.1, -0.05) is 39.3 Å². The fourth-order valence-corrected chi connectivity index (χ4v) is 1.27. The zero-order chi connectivity index (χ0) is 9.61. The number of carbonyl (C=O) groups is 1. The number of allylic oxidation sites excluding steroid dienone is 2. The average Bonchev–Trinajstić information content (AvgIpc) is 1.84. The van der Waals surface area contributed by atoms with Gasteiger partial charge in [-0.15, -0.1) is 0 Å². The molecule has 0 N–H and O–H groups in total. The standard InChI is InChI=1S/C11H20O/c1-5-6-7-8-11(3,4)9-10(2)12/h7-8H,5-6,9H2,1-4H3/b8-7+. The molecule has 0 atom stereocenters. The first-order valence-corrected chi connectivity index (χ1v) is 4.65. The van der Waals surface area contributed by atoms with Crippen LogP contribution in [0.15, 0.2) is 12.2 Å². The predicted molar refractivity (Wildman–Crippen MR) is 53.1 cm³/mol. The van der Waals surface area contributed by atoms with Gasteiger partial charge in [0, 0.05) is 6.42 Å². The Morgan fingerprint density at radius 2 is 2.00 bits per heavy atom. The van der Waals surface area contributed by atoms with E-state index in [1.165, 1.54) is 6.42 Å². The summed E-state index contributed by atoms with van der Waals surface area (Å²) < 4.78 is 0. The van der Waals surface area contributed by atoms with Gasteiger partial charge in [-0.25, -0.2) is 0 Å². The second-order valence-electron chi connectivity index (χ2n) is 4.06. The maximum atomic E-state index is 10.9. The predicted octanol–water partition coefficient (Wildman–Crippen LogP) is 3.35.